The molecule has 7 heteroatoms. The van der Waals surface area contributed by atoms with Crippen molar-refractivity contribution < 1.29 is 13.9 Å². The molecule has 1 aromatic carbocycles. The minimum atomic E-state index is -0.420. The number of nitrogens with one attached hydrogen (secondary N) is 2. The van der Waals surface area contributed by atoms with Gasteiger partial charge >= 0.3 is 0 Å². The van der Waals surface area contributed by atoms with Gasteiger partial charge < -0.3 is 20.3 Å². The molecule has 0 saturated heterocycles. The highest BCUT2D eigenvalue weighted by Gasteiger charge is 2.18. The SMILES string of the molecule is C=C(N=CC(=C)OC)NCCNC(C)C(=O)N(C)c1ccc(C)c(F)c1. The molecule has 0 fully saturated rings. The fourth-order valence-electron chi connectivity index (χ4n) is 2.04. The average Bonchev–Trinajstić information content (AvgIpc) is 2.63. The van der Waals surface area contributed by atoms with Crippen LogP contribution in [-0.4, -0.2) is 45.4 Å². The van der Waals surface area contributed by atoms with Crippen LogP contribution >= 0.6 is 0 Å². The van der Waals surface area contributed by atoms with Gasteiger partial charge in [0.2, 0.25) is 5.91 Å². The first-order chi connectivity index (χ1) is 12.3. The van der Waals surface area contributed by atoms with E-state index in [1.165, 1.54) is 24.3 Å². The van der Waals surface area contributed by atoms with Gasteiger partial charge in [0, 0.05) is 25.8 Å². The van der Waals surface area contributed by atoms with Gasteiger partial charge in [-0.3, -0.25) is 4.79 Å². The average molecular weight is 362 g/mol. The van der Waals surface area contributed by atoms with E-state index in [9.17, 15) is 9.18 Å². The standard InChI is InChI=1S/C19H27FN4O2/c1-13-7-8-17(11-18(13)20)24(5)19(25)15(3)21-9-10-22-16(4)23-12-14(2)26-6/h7-8,11-12,15,21-22H,2,4,9-10H2,1,3,5-6H3. The highest BCUT2D eigenvalue weighted by molar-refractivity contribution is 5.96. The number of hydrogen-bond acceptors (Lipinski definition) is 5. The third-order valence-corrected chi connectivity index (χ3v) is 3.77. The van der Waals surface area contributed by atoms with E-state index >= 15 is 0 Å². The third kappa shape index (κ3) is 6.68. The van der Waals surface area contributed by atoms with Crippen LogP contribution in [0.1, 0.15) is 12.5 Å². The number of benzene rings is 1. The van der Waals surface area contributed by atoms with Crippen molar-refractivity contribution in [3.63, 3.8) is 0 Å². The van der Waals surface area contributed by atoms with E-state index < -0.39 is 6.04 Å². The lowest BCUT2D eigenvalue weighted by molar-refractivity contribution is -0.119. The zero-order chi connectivity index (χ0) is 19.7. The van der Waals surface area contributed by atoms with Gasteiger partial charge in [-0.1, -0.05) is 19.2 Å². The summed E-state index contributed by atoms with van der Waals surface area (Å²) in [5, 5.41) is 6.11. The summed E-state index contributed by atoms with van der Waals surface area (Å²) in [6.07, 6.45) is 1.46. The fraction of sp³-hybridized carbons (Fsp3) is 0.368. The Labute approximate surface area is 154 Å². The van der Waals surface area contributed by atoms with Crippen molar-refractivity contribution >= 4 is 17.8 Å². The van der Waals surface area contributed by atoms with Crippen molar-refractivity contribution in [3.8, 4) is 0 Å². The number of rotatable bonds is 10. The molecule has 0 saturated carbocycles. The molecule has 0 bridgehead atoms. The smallest absolute Gasteiger partial charge is 0.243 e. The first-order valence-electron chi connectivity index (χ1n) is 8.23. The van der Waals surface area contributed by atoms with Gasteiger partial charge in [0.1, 0.15) is 17.4 Å². The molecule has 1 unspecified atom stereocenters. The first kappa shape index (κ1) is 21.4. The van der Waals surface area contributed by atoms with Crippen molar-refractivity contribution in [1.82, 2.24) is 10.6 Å². The first-order valence-corrected chi connectivity index (χ1v) is 8.23. The molecule has 1 atom stereocenters. The molecule has 142 valence electrons. The summed E-state index contributed by atoms with van der Waals surface area (Å²) in [5.41, 5.74) is 1.06. The normalized spacial score (nSPS) is 11.9. The minimum Gasteiger partial charge on any atom is -0.496 e. The molecule has 1 aromatic rings. The van der Waals surface area contributed by atoms with Crippen LogP contribution in [-0.2, 0) is 9.53 Å². The van der Waals surface area contributed by atoms with E-state index in [1.54, 1.807) is 33.0 Å². The van der Waals surface area contributed by atoms with Crippen molar-refractivity contribution in [3.05, 3.63) is 54.3 Å². The molecular formula is C19H27FN4O2. The number of methoxy groups -OCH3 is 1. The summed E-state index contributed by atoms with van der Waals surface area (Å²) in [5.74, 6) is 0.417. The van der Waals surface area contributed by atoms with Crippen molar-refractivity contribution in [2.24, 2.45) is 4.99 Å². The van der Waals surface area contributed by atoms with Gasteiger partial charge in [0.25, 0.3) is 0 Å². The Hall–Kier alpha value is -2.67. The summed E-state index contributed by atoms with van der Waals surface area (Å²) in [6, 6.07) is 4.31. The summed E-state index contributed by atoms with van der Waals surface area (Å²) < 4.78 is 18.5. The second-order valence-corrected chi connectivity index (χ2v) is 5.81. The summed E-state index contributed by atoms with van der Waals surface area (Å²) in [4.78, 5) is 17.9. The molecule has 0 aromatic heterocycles. The van der Waals surface area contributed by atoms with E-state index in [1.807, 2.05) is 0 Å². The van der Waals surface area contributed by atoms with Crippen LogP contribution in [0.2, 0.25) is 0 Å². The maximum Gasteiger partial charge on any atom is 0.243 e. The number of amides is 1. The molecule has 0 aliphatic rings. The Morgan fingerprint density at radius 2 is 2.12 bits per heavy atom. The number of carbonyl (C=O) groups is 1. The maximum absolute atomic E-state index is 13.7. The molecule has 0 heterocycles. The third-order valence-electron chi connectivity index (χ3n) is 3.77. The maximum atomic E-state index is 13.7. The van der Waals surface area contributed by atoms with E-state index in [0.717, 1.165) is 0 Å². The summed E-state index contributed by atoms with van der Waals surface area (Å²) >= 11 is 0. The van der Waals surface area contributed by atoms with Crippen LogP contribution in [0.15, 0.2) is 47.9 Å². The number of ether oxygens (including phenoxy) is 1. The monoisotopic (exact) mass is 362 g/mol. The van der Waals surface area contributed by atoms with Crippen molar-refractivity contribution in [2.45, 2.75) is 19.9 Å². The lowest BCUT2D eigenvalue weighted by Crippen LogP contribution is -2.45. The highest BCUT2D eigenvalue weighted by atomic mass is 19.1. The lowest BCUT2D eigenvalue weighted by atomic mass is 10.2. The second kappa shape index (κ2) is 10.4. The predicted octanol–water partition coefficient (Wildman–Crippen LogP) is 2.37. The zero-order valence-corrected chi connectivity index (χ0v) is 15.8. The summed E-state index contributed by atoms with van der Waals surface area (Å²) in [7, 11) is 3.14. The molecule has 6 nitrogen and oxygen atoms in total. The largest absolute Gasteiger partial charge is 0.496 e. The number of anilines is 1. The second-order valence-electron chi connectivity index (χ2n) is 5.81. The van der Waals surface area contributed by atoms with Crippen LogP contribution in [0.5, 0.6) is 0 Å². The number of aryl methyl sites for hydroxylation is 1. The molecule has 2 N–H and O–H groups in total. The van der Waals surface area contributed by atoms with Gasteiger partial charge in [-0.25, -0.2) is 9.38 Å². The van der Waals surface area contributed by atoms with Crippen LogP contribution in [0, 0.1) is 12.7 Å². The number of likely N-dealkylation sites (N-methyl/N-ethyl adjacent to an activating group) is 1. The summed E-state index contributed by atoms with van der Waals surface area (Å²) in [6.45, 7) is 11.9. The van der Waals surface area contributed by atoms with Crippen LogP contribution < -0.4 is 15.5 Å². The number of halogens is 1. The fourth-order valence-corrected chi connectivity index (χ4v) is 2.04. The molecule has 0 radical (unpaired) electrons. The van der Waals surface area contributed by atoms with Gasteiger partial charge in [-0.15, -0.1) is 0 Å². The van der Waals surface area contributed by atoms with Gasteiger partial charge in [-0.05, 0) is 31.5 Å². The number of carbonyl (C=O) groups excluding carboxylic acids is 1. The van der Waals surface area contributed by atoms with Crippen LogP contribution in [0.3, 0.4) is 0 Å². The predicted molar refractivity (Wildman–Crippen MR) is 104 cm³/mol. The quantitative estimate of drug-likeness (QED) is 0.381. The van der Waals surface area contributed by atoms with Crippen LogP contribution in [0.4, 0.5) is 10.1 Å². The molecular weight excluding hydrogens is 335 g/mol. The molecule has 0 aliphatic carbocycles. The van der Waals surface area contributed by atoms with Gasteiger partial charge in [-0.2, -0.15) is 0 Å². The number of nitrogens with zero attached hydrogens (tertiary/aromatic N) is 2. The highest BCUT2D eigenvalue weighted by Crippen LogP contribution is 2.17. The molecule has 0 spiro atoms. The Kier molecular flexibility index (Phi) is 8.51. The Morgan fingerprint density at radius 3 is 2.73 bits per heavy atom. The zero-order valence-electron chi connectivity index (χ0n) is 15.8. The molecule has 1 rings (SSSR count). The van der Waals surface area contributed by atoms with Crippen molar-refractivity contribution in [2.75, 3.05) is 32.1 Å². The lowest BCUT2D eigenvalue weighted by Gasteiger charge is -2.22. The Bertz CT molecular complexity index is 688. The van der Waals surface area contributed by atoms with Gasteiger partial charge in [0.15, 0.2) is 0 Å². The van der Waals surface area contributed by atoms with E-state index in [-0.39, 0.29) is 11.7 Å². The van der Waals surface area contributed by atoms with E-state index in [4.69, 9.17) is 4.74 Å². The topological polar surface area (TPSA) is 66.0 Å². The molecule has 1 amide bonds. The number of hydrogen-bond donors (Lipinski definition) is 2. The van der Waals surface area contributed by atoms with E-state index in [2.05, 4.69) is 28.8 Å². The van der Waals surface area contributed by atoms with Crippen LogP contribution in [0.25, 0.3) is 0 Å². The number of allylic oxidation sites excluding steroid dienone is 1. The molecule has 0 aliphatic heterocycles. The van der Waals surface area contributed by atoms with Crippen molar-refractivity contribution in [1.29, 1.82) is 0 Å². The Balaban J connectivity index is 2.42. The Morgan fingerprint density at radius 1 is 1.42 bits per heavy atom. The molecule has 26 heavy (non-hydrogen) atoms. The van der Waals surface area contributed by atoms with Gasteiger partial charge in [0.05, 0.1) is 19.4 Å². The minimum absolute atomic E-state index is 0.151. The van der Waals surface area contributed by atoms with E-state index in [0.29, 0.717) is 35.9 Å². The number of aliphatic imine (C=N–C) groups is 1.